The van der Waals surface area contributed by atoms with Crippen LogP contribution in [0.1, 0.15) is 50.2 Å². The van der Waals surface area contributed by atoms with Gasteiger partial charge in [-0.15, -0.1) is 0 Å². The standard InChI is InChI=1S/C22H29NO5/c1-26-19-10-3-2-8-16(19)21-17(13-20(24)28-21)22(25)27-14-15-7-6-12-23-11-5-4-9-18(15)23/h2-3,8,10,15,17-18,21H,4-7,9,11-14H2,1H3/t15-,17+,18+,21+/m0/s1. The zero-order valence-corrected chi connectivity index (χ0v) is 16.5. The molecule has 6 nitrogen and oxygen atoms in total. The molecular formula is C22H29NO5. The van der Waals surface area contributed by atoms with E-state index in [4.69, 9.17) is 14.2 Å². The molecule has 4 rings (SSSR count). The molecule has 0 unspecified atom stereocenters. The van der Waals surface area contributed by atoms with Gasteiger partial charge in [-0.1, -0.05) is 24.6 Å². The Bertz CT molecular complexity index is 719. The number of para-hydroxylation sites is 1. The summed E-state index contributed by atoms with van der Waals surface area (Å²) in [7, 11) is 1.57. The summed E-state index contributed by atoms with van der Waals surface area (Å²) in [4.78, 5) is 27.4. The lowest BCUT2D eigenvalue weighted by Crippen LogP contribution is -2.49. The van der Waals surface area contributed by atoms with Gasteiger partial charge in [0.15, 0.2) is 0 Å². The Hall–Kier alpha value is -2.08. The van der Waals surface area contributed by atoms with Crippen LogP contribution in [0.2, 0.25) is 0 Å². The van der Waals surface area contributed by atoms with Crippen LogP contribution >= 0.6 is 0 Å². The molecule has 3 aliphatic heterocycles. The molecule has 0 amide bonds. The number of rotatable bonds is 5. The van der Waals surface area contributed by atoms with E-state index in [2.05, 4.69) is 4.90 Å². The number of fused-ring (bicyclic) bond motifs is 1. The number of methoxy groups -OCH3 is 1. The third-order valence-corrected chi connectivity index (χ3v) is 6.43. The normalized spacial score (nSPS) is 30.4. The minimum atomic E-state index is -0.645. The van der Waals surface area contributed by atoms with Crippen molar-refractivity contribution in [3.8, 4) is 5.75 Å². The van der Waals surface area contributed by atoms with E-state index in [0.717, 1.165) is 25.9 Å². The van der Waals surface area contributed by atoms with E-state index in [9.17, 15) is 9.59 Å². The Morgan fingerprint density at radius 2 is 2.00 bits per heavy atom. The van der Waals surface area contributed by atoms with Crippen molar-refractivity contribution in [3.05, 3.63) is 29.8 Å². The minimum absolute atomic E-state index is 0.0573. The lowest BCUT2D eigenvalue weighted by molar-refractivity contribution is -0.153. The highest BCUT2D eigenvalue weighted by Crippen LogP contribution is 2.40. The Balaban J connectivity index is 1.42. The third-order valence-electron chi connectivity index (χ3n) is 6.43. The number of cyclic esters (lactones) is 1. The van der Waals surface area contributed by atoms with Gasteiger partial charge in [0, 0.05) is 17.5 Å². The van der Waals surface area contributed by atoms with Crippen molar-refractivity contribution in [2.75, 3.05) is 26.8 Å². The van der Waals surface area contributed by atoms with Gasteiger partial charge in [-0.05, 0) is 44.8 Å². The van der Waals surface area contributed by atoms with Crippen LogP contribution in [-0.4, -0.2) is 49.7 Å². The number of benzene rings is 1. The summed E-state index contributed by atoms with van der Waals surface area (Å²) in [6.45, 7) is 2.76. The summed E-state index contributed by atoms with van der Waals surface area (Å²) in [6.07, 6.45) is 5.39. The zero-order valence-electron chi connectivity index (χ0n) is 16.5. The van der Waals surface area contributed by atoms with Crippen molar-refractivity contribution >= 4 is 11.9 Å². The van der Waals surface area contributed by atoms with Crippen LogP contribution in [0.25, 0.3) is 0 Å². The van der Waals surface area contributed by atoms with Crippen molar-refractivity contribution in [2.45, 2.75) is 50.7 Å². The largest absolute Gasteiger partial charge is 0.496 e. The molecule has 1 aromatic carbocycles. The zero-order chi connectivity index (χ0) is 19.5. The van der Waals surface area contributed by atoms with Crippen molar-refractivity contribution in [3.63, 3.8) is 0 Å². The number of hydrogen-bond acceptors (Lipinski definition) is 6. The molecule has 0 N–H and O–H groups in total. The lowest BCUT2D eigenvalue weighted by atomic mass is 9.84. The molecule has 0 aliphatic carbocycles. The highest BCUT2D eigenvalue weighted by atomic mass is 16.6. The number of nitrogens with zero attached hydrogens (tertiary/aromatic N) is 1. The van der Waals surface area contributed by atoms with Gasteiger partial charge in [-0.2, -0.15) is 0 Å². The number of carbonyl (C=O) groups is 2. The van der Waals surface area contributed by atoms with Gasteiger partial charge >= 0.3 is 11.9 Å². The number of esters is 2. The monoisotopic (exact) mass is 387 g/mol. The van der Waals surface area contributed by atoms with Crippen molar-refractivity contribution in [2.24, 2.45) is 11.8 Å². The molecule has 1 aromatic rings. The van der Waals surface area contributed by atoms with Crippen LogP contribution < -0.4 is 4.74 Å². The van der Waals surface area contributed by atoms with Gasteiger partial charge in [-0.3, -0.25) is 14.5 Å². The smallest absolute Gasteiger partial charge is 0.313 e. The highest BCUT2D eigenvalue weighted by molar-refractivity contribution is 5.84. The third kappa shape index (κ3) is 3.88. The van der Waals surface area contributed by atoms with Gasteiger partial charge in [0.1, 0.15) is 17.8 Å². The van der Waals surface area contributed by atoms with E-state index in [-0.39, 0.29) is 18.4 Å². The second kappa shape index (κ2) is 8.52. The van der Waals surface area contributed by atoms with Crippen LogP contribution in [0.4, 0.5) is 0 Å². The van der Waals surface area contributed by atoms with Crippen LogP contribution in [0.15, 0.2) is 24.3 Å². The molecule has 3 heterocycles. The second-order valence-corrected chi connectivity index (χ2v) is 8.09. The first-order chi connectivity index (χ1) is 13.7. The Morgan fingerprint density at radius 1 is 1.18 bits per heavy atom. The maximum Gasteiger partial charge on any atom is 0.313 e. The fraction of sp³-hybridized carbons (Fsp3) is 0.636. The van der Waals surface area contributed by atoms with Crippen molar-refractivity contribution < 1.29 is 23.8 Å². The van der Waals surface area contributed by atoms with Crippen LogP contribution in [0.5, 0.6) is 5.75 Å². The topological polar surface area (TPSA) is 65.1 Å². The molecule has 3 fully saturated rings. The fourth-order valence-corrected chi connectivity index (χ4v) is 5.01. The van der Waals surface area contributed by atoms with Gasteiger partial charge in [0.25, 0.3) is 0 Å². The van der Waals surface area contributed by atoms with Crippen LogP contribution in [-0.2, 0) is 19.1 Å². The molecule has 3 saturated heterocycles. The van der Waals surface area contributed by atoms with Crippen LogP contribution in [0.3, 0.4) is 0 Å². The first-order valence-corrected chi connectivity index (χ1v) is 10.4. The predicted octanol–water partition coefficient (Wildman–Crippen LogP) is 3.11. The Kier molecular flexibility index (Phi) is 5.85. The molecule has 0 saturated carbocycles. The maximum absolute atomic E-state index is 12.9. The molecule has 0 radical (unpaired) electrons. The average molecular weight is 387 g/mol. The van der Waals surface area contributed by atoms with Crippen molar-refractivity contribution in [1.82, 2.24) is 4.90 Å². The number of ether oxygens (including phenoxy) is 3. The SMILES string of the molecule is COc1ccccc1[C@H]1OC(=O)C[C@H]1C(=O)OC[C@@H]1CCCN2CCCC[C@H]12. The van der Waals surface area contributed by atoms with Crippen LogP contribution in [0, 0.1) is 11.8 Å². The van der Waals surface area contributed by atoms with E-state index in [0.29, 0.717) is 29.9 Å². The Morgan fingerprint density at radius 3 is 2.86 bits per heavy atom. The summed E-state index contributed by atoms with van der Waals surface area (Å²) < 4.78 is 16.6. The second-order valence-electron chi connectivity index (χ2n) is 8.09. The Labute approximate surface area is 166 Å². The summed E-state index contributed by atoms with van der Waals surface area (Å²) in [5, 5.41) is 0. The first-order valence-electron chi connectivity index (χ1n) is 10.4. The van der Waals surface area contributed by atoms with Gasteiger partial charge < -0.3 is 14.2 Å². The maximum atomic E-state index is 12.9. The minimum Gasteiger partial charge on any atom is -0.496 e. The van der Waals surface area contributed by atoms with E-state index >= 15 is 0 Å². The molecule has 4 atom stereocenters. The molecule has 3 aliphatic rings. The predicted molar refractivity (Wildman–Crippen MR) is 103 cm³/mol. The van der Waals surface area contributed by atoms with E-state index < -0.39 is 12.0 Å². The van der Waals surface area contributed by atoms with Crippen molar-refractivity contribution in [1.29, 1.82) is 0 Å². The number of carbonyl (C=O) groups excluding carboxylic acids is 2. The summed E-state index contributed by atoms with van der Waals surface area (Å²) in [6, 6.07) is 7.88. The first kappa shape index (κ1) is 19.2. The summed E-state index contributed by atoms with van der Waals surface area (Å²) in [5.41, 5.74) is 0.717. The molecule has 6 heteroatoms. The molecule has 152 valence electrons. The van der Waals surface area contributed by atoms with Gasteiger partial charge in [-0.25, -0.2) is 0 Å². The fourth-order valence-electron chi connectivity index (χ4n) is 5.01. The lowest BCUT2D eigenvalue weighted by Gasteiger charge is -2.44. The molecule has 0 bridgehead atoms. The quantitative estimate of drug-likeness (QED) is 0.724. The number of hydrogen-bond donors (Lipinski definition) is 0. The average Bonchev–Trinajstić information content (AvgIpc) is 3.13. The summed E-state index contributed by atoms with van der Waals surface area (Å²) in [5.74, 6) is -0.315. The van der Waals surface area contributed by atoms with Gasteiger partial charge in [0.05, 0.1) is 20.1 Å². The van der Waals surface area contributed by atoms with E-state index in [1.165, 1.54) is 19.3 Å². The van der Waals surface area contributed by atoms with Gasteiger partial charge in [0.2, 0.25) is 0 Å². The molecule has 0 spiro atoms. The van der Waals surface area contributed by atoms with E-state index in [1.54, 1.807) is 7.11 Å². The number of piperidine rings is 2. The molecular weight excluding hydrogens is 358 g/mol. The highest BCUT2D eigenvalue weighted by Gasteiger charge is 2.43. The molecule has 0 aromatic heterocycles. The van der Waals surface area contributed by atoms with E-state index in [1.807, 2.05) is 24.3 Å². The molecule has 28 heavy (non-hydrogen) atoms. The summed E-state index contributed by atoms with van der Waals surface area (Å²) >= 11 is 0.